The number of aliphatic hydroxyl groups excluding tert-OH is 2. The van der Waals surface area contributed by atoms with Crippen LogP contribution in [0.1, 0.15) is 48.8 Å². The van der Waals surface area contributed by atoms with Crippen molar-refractivity contribution in [3.63, 3.8) is 0 Å². The van der Waals surface area contributed by atoms with E-state index in [1.54, 1.807) is 18.9 Å². The standard InChI is InChI=1S/C25H28N2O7/c1-3-27(2)19-13-9-12-11-6-4-5-10-7-8-14(28)17(15(10)11)20(29)16(12)22(31)25(13,34)23(32)18(21(19)30)24(26)33/h7-8,11-13,19,28-29,32,34H,3-6,9H2,1-2H3,(H2,26,33)/t11-,12-,13+,19+,25+/m1/s1. The van der Waals surface area contributed by atoms with Gasteiger partial charge in [0, 0.05) is 11.5 Å². The minimum atomic E-state index is -2.61. The van der Waals surface area contributed by atoms with Crippen molar-refractivity contribution < 1.29 is 34.8 Å². The van der Waals surface area contributed by atoms with Crippen molar-refractivity contribution in [1.29, 1.82) is 0 Å². The molecule has 1 amide bonds. The fourth-order valence-electron chi connectivity index (χ4n) is 6.71. The van der Waals surface area contributed by atoms with Crippen molar-refractivity contribution in [2.24, 2.45) is 17.6 Å². The van der Waals surface area contributed by atoms with E-state index in [0.717, 1.165) is 24.0 Å². The predicted molar refractivity (Wildman–Crippen MR) is 121 cm³/mol. The van der Waals surface area contributed by atoms with Crippen LogP contribution in [0.3, 0.4) is 0 Å². The van der Waals surface area contributed by atoms with Gasteiger partial charge in [0.05, 0.1) is 11.6 Å². The van der Waals surface area contributed by atoms with Crippen LogP contribution in [0.4, 0.5) is 0 Å². The van der Waals surface area contributed by atoms with E-state index in [1.807, 2.05) is 6.07 Å². The van der Waals surface area contributed by atoms with Crippen LogP contribution < -0.4 is 5.73 Å². The molecule has 5 atom stereocenters. The van der Waals surface area contributed by atoms with E-state index in [0.29, 0.717) is 13.0 Å². The summed E-state index contributed by atoms with van der Waals surface area (Å²) in [5.74, 6) is -6.36. The molecule has 1 saturated carbocycles. The lowest BCUT2D eigenvalue weighted by Crippen LogP contribution is -2.66. The summed E-state index contributed by atoms with van der Waals surface area (Å²) in [6, 6.07) is 2.24. The molecule has 1 aromatic carbocycles. The van der Waals surface area contributed by atoms with Crippen LogP contribution in [0.25, 0.3) is 5.76 Å². The molecule has 5 rings (SSSR count). The quantitative estimate of drug-likeness (QED) is 0.414. The molecule has 1 fully saturated rings. The molecule has 0 bridgehead atoms. The Morgan fingerprint density at radius 3 is 2.56 bits per heavy atom. The van der Waals surface area contributed by atoms with Crippen LogP contribution in [0.2, 0.25) is 0 Å². The smallest absolute Gasteiger partial charge is 0.255 e. The Hall–Kier alpha value is -3.17. The molecular weight excluding hydrogens is 440 g/mol. The zero-order valence-electron chi connectivity index (χ0n) is 19.0. The number of amides is 1. The largest absolute Gasteiger partial charge is 0.508 e. The fraction of sp³-hybridized carbons (Fsp3) is 0.480. The third kappa shape index (κ3) is 2.65. The number of nitrogens with two attached hydrogens (primary N) is 1. The Morgan fingerprint density at radius 2 is 1.91 bits per heavy atom. The monoisotopic (exact) mass is 468 g/mol. The van der Waals surface area contributed by atoms with Gasteiger partial charge in [0.1, 0.15) is 22.8 Å². The third-order valence-electron chi connectivity index (χ3n) is 8.34. The number of Topliss-reactive ketones (excluding diaryl/α,β-unsaturated/α-hetero) is 2. The number of benzene rings is 1. The molecule has 0 spiro atoms. The number of hydrogen-bond acceptors (Lipinski definition) is 8. The van der Waals surface area contributed by atoms with Gasteiger partial charge in [-0.25, -0.2) is 0 Å². The Labute approximate surface area is 196 Å². The lowest BCUT2D eigenvalue weighted by Gasteiger charge is -2.52. The normalized spacial score (nSPS) is 32.5. The number of fused-ring (bicyclic) bond motifs is 3. The predicted octanol–water partition coefficient (Wildman–Crippen LogP) is 1.23. The highest BCUT2D eigenvalue weighted by atomic mass is 16.3. The van der Waals surface area contributed by atoms with Crippen molar-refractivity contribution in [3.05, 3.63) is 45.7 Å². The van der Waals surface area contributed by atoms with E-state index in [9.17, 15) is 34.8 Å². The van der Waals surface area contributed by atoms with Gasteiger partial charge in [-0.1, -0.05) is 13.0 Å². The van der Waals surface area contributed by atoms with Crippen LogP contribution in [-0.2, 0) is 20.8 Å². The summed E-state index contributed by atoms with van der Waals surface area (Å²) in [6.45, 7) is 2.18. The van der Waals surface area contributed by atoms with Gasteiger partial charge >= 0.3 is 0 Å². The Kier molecular flexibility index (Phi) is 4.93. The molecule has 9 nitrogen and oxygen atoms in total. The van der Waals surface area contributed by atoms with E-state index in [2.05, 4.69) is 0 Å². The number of primary amides is 1. The molecule has 0 heterocycles. The first-order chi connectivity index (χ1) is 16.0. The molecule has 6 N–H and O–H groups in total. The second-order valence-corrected chi connectivity index (χ2v) is 9.81. The number of carbonyl (C=O) groups excluding carboxylic acids is 3. The van der Waals surface area contributed by atoms with E-state index in [-0.39, 0.29) is 29.2 Å². The zero-order valence-corrected chi connectivity index (χ0v) is 19.0. The number of aromatic hydroxyl groups is 1. The van der Waals surface area contributed by atoms with Crippen molar-refractivity contribution in [2.75, 3.05) is 13.6 Å². The van der Waals surface area contributed by atoms with Crippen molar-refractivity contribution >= 4 is 23.2 Å². The van der Waals surface area contributed by atoms with Crippen LogP contribution in [0.5, 0.6) is 5.75 Å². The van der Waals surface area contributed by atoms with Crippen LogP contribution in [0.15, 0.2) is 29.0 Å². The number of rotatable bonds is 3. The highest BCUT2D eigenvalue weighted by Gasteiger charge is 2.65. The molecule has 4 aliphatic rings. The van der Waals surface area contributed by atoms with Crippen molar-refractivity contribution in [3.8, 4) is 5.75 Å². The van der Waals surface area contributed by atoms with Gasteiger partial charge in [-0.15, -0.1) is 0 Å². The maximum Gasteiger partial charge on any atom is 0.255 e. The Bertz CT molecular complexity index is 1220. The van der Waals surface area contributed by atoms with Gasteiger partial charge in [0.25, 0.3) is 5.91 Å². The number of phenolic OH excluding ortho intramolecular Hbond substituents is 1. The zero-order chi connectivity index (χ0) is 24.7. The summed E-state index contributed by atoms with van der Waals surface area (Å²) >= 11 is 0. The second-order valence-electron chi connectivity index (χ2n) is 9.81. The number of phenols is 1. The number of nitrogens with zero attached hydrogens (tertiary/aromatic N) is 1. The van der Waals surface area contributed by atoms with E-state index in [1.165, 1.54) is 6.07 Å². The van der Waals surface area contributed by atoms with Crippen molar-refractivity contribution in [1.82, 2.24) is 4.90 Å². The number of carbonyl (C=O) groups is 3. The average molecular weight is 469 g/mol. The number of likely N-dealkylation sites (N-methyl/N-ethyl adjacent to an activating group) is 1. The summed E-state index contributed by atoms with van der Waals surface area (Å²) in [5, 5.41) is 44.5. The maximum absolute atomic E-state index is 13.9. The van der Waals surface area contributed by atoms with Crippen molar-refractivity contribution in [2.45, 2.75) is 50.2 Å². The first-order valence-corrected chi connectivity index (χ1v) is 11.6. The van der Waals surface area contributed by atoms with Crippen LogP contribution in [0, 0.1) is 11.8 Å². The molecule has 0 aliphatic heterocycles. The van der Waals surface area contributed by atoms with E-state index >= 15 is 0 Å². The summed E-state index contributed by atoms with van der Waals surface area (Å²) in [7, 11) is 1.64. The second kappa shape index (κ2) is 7.41. The first kappa shape index (κ1) is 22.6. The molecule has 1 aromatic rings. The molecule has 34 heavy (non-hydrogen) atoms. The van der Waals surface area contributed by atoms with E-state index < -0.39 is 58.0 Å². The molecule has 0 unspecified atom stereocenters. The van der Waals surface area contributed by atoms with E-state index in [4.69, 9.17) is 5.73 Å². The number of ketones is 2. The first-order valence-electron chi connectivity index (χ1n) is 11.6. The van der Waals surface area contributed by atoms with Crippen LogP contribution >= 0.6 is 0 Å². The van der Waals surface area contributed by atoms with Gasteiger partial charge in [0.15, 0.2) is 11.4 Å². The fourth-order valence-corrected chi connectivity index (χ4v) is 6.71. The minimum absolute atomic E-state index is 0.0896. The van der Waals surface area contributed by atoms with Gasteiger partial charge in [-0.2, -0.15) is 0 Å². The minimum Gasteiger partial charge on any atom is -0.508 e. The molecule has 4 aliphatic carbocycles. The Morgan fingerprint density at radius 1 is 1.21 bits per heavy atom. The molecule has 9 heteroatoms. The van der Waals surface area contributed by atoms with Crippen LogP contribution in [-0.4, -0.2) is 68.0 Å². The third-order valence-corrected chi connectivity index (χ3v) is 8.34. The maximum atomic E-state index is 13.9. The number of aryl methyl sites for hydroxylation is 1. The van der Waals surface area contributed by atoms with Gasteiger partial charge < -0.3 is 26.2 Å². The summed E-state index contributed by atoms with van der Waals surface area (Å²) in [6.07, 6.45) is 2.46. The SMILES string of the molecule is CCN(C)[C@@H]1C(=O)C(C(N)=O)=C(O)[C@@]2(O)C(=O)C3=C(O)c4c(O)ccc5c4[C@H](CCC5)[C@H]3C[C@@H]12. The highest BCUT2D eigenvalue weighted by Crippen LogP contribution is 2.58. The number of aliphatic hydroxyl groups is 3. The molecule has 180 valence electrons. The topological polar surface area (TPSA) is 161 Å². The summed E-state index contributed by atoms with van der Waals surface area (Å²) in [5.41, 5.74) is 3.85. The molecule has 0 aromatic heterocycles. The molecule has 0 saturated heterocycles. The number of hydrogen-bond donors (Lipinski definition) is 5. The highest BCUT2D eigenvalue weighted by molar-refractivity contribution is 6.24. The lowest BCUT2D eigenvalue weighted by molar-refractivity contribution is -0.154. The van der Waals surface area contributed by atoms with Gasteiger partial charge in [0.2, 0.25) is 5.78 Å². The summed E-state index contributed by atoms with van der Waals surface area (Å²) < 4.78 is 0. The lowest BCUT2D eigenvalue weighted by atomic mass is 9.54. The summed E-state index contributed by atoms with van der Waals surface area (Å²) in [4.78, 5) is 40.9. The average Bonchev–Trinajstić information content (AvgIpc) is 2.79. The van der Waals surface area contributed by atoms with Gasteiger partial charge in [-0.05, 0) is 68.3 Å². The Balaban J connectivity index is 1.79. The molecule has 0 radical (unpaired) electrons. The van der Waals surface area contributed by atoms with Gasteiger partial charge in [-0.3, -0.25) is 19.3 Å². The molecular formula is C25H28N2O7.